The molecule has 106 valence electrons. The SMILES string of the molecule is CCCC1(C(=O)OC(C)(C)C)CCS(=O)(=O)CC1. The van der Waals surface area contributed by atoms with E-state index in [1.807, 2.05) is 27.7 Å². The summed E-state index contributed by atoms with van der Waals surface area (Å²) in [6.07, 6.45) is 2.37. The van der Waals surface area contributed by atoms with E-state index in [0.29, 0.717) is 19.3 Å². The lowest BCUT2D eigenvalue weighted by atomic mass is 9.78. The van der Waals surface area contributed by atoms with Crippen LogP contribution in [0.15, 0.2) is 0 Å². The van der Waals surface area contributed by atoms with Crippen LogP contribution >= 0.6 is 0 Å². The number of hydrogen-bond donors (Lipinski definition) is 0. The van der Waals surface area contributed by atoms with Crippen LogP contribution < -0.4 is 0 Å². The summed E-state index contributed by atoms with van der Waals surface area (Å²) < 4.78 is 28.5. The van der Waals surface area contributed by atoms with Crippen LogP contribution in [0.5, 0.6) is 0 Å². The molecule has 0 aromatic carbocycles. The molecule has 0 spiro atoms. The quantitative estimate of drug-likeness (QED) is 0.742. The highest BCUT2D eigenvalue weighted by atomic mass is 32.2. The van der Waals surface area contributed by atoms with Gasteiger partial charge in [0, 0.05) is 0 Å². The number of carbonyl (C=O) groups excluding carboxylic acids is 1. The lowest BCUT2D eigenvalue weighted by Crippen LogP contribution is -2.43. The van der Waals surface area contributed by atoms with E-state index in [1.165, 1.54) is 0 Å². The van der Waals surface area contributed by atoms with Crippen molar-refractivity contribution in [1.29, 1.82) is 0 Å². The second-order valence-electron chi connectivity index (χ2n) is 6.18. The molecular weight excluding hydrogens is 252 g/mol. The van der Waals surface area contributed by atoms with E-state index >= 15 is 0 Å². The fourth-order valence-corrected chi connectivity index (χ4v) is 3.96. The summed E-state index contributed by atoms with van der Waals surface area (Å²) in [7, 11) is -2.96. The van der Waals surface area contributed by atoms with Gasteiger partial charge >= 0.3 is 5.97 Å². The first-order valence-electron chi connectivity index (χ1n) is 6.54. The Morgan fingerprint density at radius 1 is 1.22 bits per heavy atom. The van der Waals surface area contributed by atoms with Crippen LogP contribution in [0.3, 0.4) is 0 Å². The fourth-order valence-electron chi connectivity index (χ4n) is 2.35. The van der Waals surface area contributed by atoms with E-state index in [9.17, 15) is 13.2 Å². The molecule has 0 aliphatic carbocycles. The Kier molecular flexibility index (Phi) is 4.47. The fraction of sp³-hybridized carbons (Fsp3) is 0.923. The van der Waals surface area contributed by atoms with Crippen LogP contribution in [0.4, 0.5) is 0 Å². The highest BCUT2D eigenvalue weighted by Gasteiger charge is 2.44. The summed E-state index contributed by atoms with van der Waals surface area (Å²) in [5.41, 5.74) is -1.11. The van der Waals surface area contributed by atoms with Gasteiger partial charge in [0.25, 0.3) is 0 Å². The molecule has 0 bridgehead atoms. The topological polar surface area (TPSA) is 60.4 Å². The predicted octanol–water partition coefficient (Wildman–Crippen LogP) is 2.32. The summed E-state index contributed by atoms with van der Waals surface area (Å²) in [5.74, 6) is -0.0230. The van der Waals surface area contributed by atoms with Crippen molar-refractivity contribution in [3.05, 3.63) is 0 Å². The number of ether oxygens (including phenoxy) is 1. The molecule has 1 fully saturated rings. The molecule has 1 aliphatic rings. The average molecular weight is 276 g/mol. The maximum atomic E-state index is 12.3. The Balaban J connectivity index is 2.85. The second kappa shape index (κ2) is 5.19. The van der Waals surface area contributed by atoms with Gasteiger partial charge in [0.05, 0.1) is 16.9 Å². The van der Waals surface area contributed by atoms with Crippen molar-refractivity contribution < 1.29 is 17.9 Å². The largest absolute Gasteiger partial charge is 0.460 e. The Bertz CT molecular complexity index is 389. The maximum absolute atomic E-state index is 12.3. The van der Waals surface area contributed by atoms with E-state index in [0.717, 1.165) is 6.42 Å². The molecule has 1 rings (SSSR count). The summed E-state index contributed by atoms with van der Waals surface area (Å²) >= 11 is 0. The lowest BCUT2D eigenvalue weighted by molar-refractivity contribution is -0.169. The van der Waals surface area contributed by atoms with Crippen molar-refractivity contribution in [3.63, 3.8) is 0 Å². The van der Waals surface area contributed by atoms with E-state index in [1.54, 1.807) is 0 Å². The Morgan fingerprint density at radius 3 is 2.11 bits per heavy atom. The van der Waals surface area contributed by atoms with Gasteiger partial charge in [0.2, 0.25) is 0 Å². The highest BCUT2D eigenvalue weighted by molar-refractivity contribution is 7.91. The van der Waals surface area contributed by atoms with Crippen molar-refractivity contribution in [2.75, 3.05) is 11.5 Å². The van der Waals surface area contributed by atoms with Gasteiger partial charge in [-0.2, -0.15) is 0 Å². The average Bonchev–Trinajstić information content (AvgIpc) is 2.19. The third-order valence-electron chi connectivity index (χ3n) is 3.34. The van der Waals surface area contributed by atoms with Gasteiger partial charge < -0.3 is 4.74 Å². The molecule has 0 radical (unpaired) electrons. The number of esters is 1. The maximum Gasteiger partial charge on any atom is 0.312 e. The zero-order chi connectivity index (χ0) is 14.0. The van der Waals surface area contributed by atoms with Gasteiger partial charge in [-0.1, -0.05) is 13.3 Å². The normalized spacial score (nSPS) is 22.4. The first-order valence-corrected chi connectivity index (χ1v) is 8.36. The monoisotopic (exact) mass is 276 g/mol. The first-order chi connectivity index (χ1) is 8.10. The number of hydrogen-bond acceptors (Lipinski definition) is 4. The van der Waals surface area contributed by atoms with E-state index in [4.69, 9.17) is 4.74 Å². The van der Waals surface area contributed by atoms with Crippen molar-refractivity contribution in [1.82, 2.24) is 0 Å². The Labute approximate surface area is 110 Å². The Morgan fingerprint density at radius 2 is 1.72 bits per heavy atom. The molecular formula is C13H24O4S. The third-order valence-corrected chi connectivity index (χ3v) is 5.00. The molecule has 0 saturated carbocycles. The van der Waals surface area contributed by atoms with Crippen molar-refractivity contribution in [2.45, 2.75) is 59.0 Å². The molecule has 0 N–H and O–H groups in total. The standard InChI is InChI=1S/C13H24O4S/c1-5-6-13(11(14)17-12(2,3)4)7-9-18(15,16)10-8-13/h5-10H2,1-4H3. The van der Waals surface area contributed by atoms with E-state index < -0.39 is 20.9 Å². The zero-order valence-corrected chi connectivity index (χ0v) is 12.6. The van der Waals surface area contributed by atoms with Crippen molar-refractivity contribution in [3.8, 4) is 0 Å². The minimum absolute atomic E-state index is 0.103. The number of sulfone groups is 1. The van der Waals surface area contributed by atoms with Gasteiger partial charge in [0.15, 0.2) is 0 Å². The lowest BCUT2D eigenvalue weighted by Gasteiger charge is -2.36. The molecule has 0 aromatic rings. The van der Waals surface area contributed by atoms with Gasteiger partial charge in [-0.05, 0) is 40.0 Å². The van der Waals surface area contributed by atoms with Crippen LogP contribution in [0, 0.1) is 5.41 Å². The van der Waals surface area contributed by atoms with Crippen LogP contribution in [-0.2, 0) is 19.4 Å². The summed E-state index contributed by atoms with van der Waals surface area (Å²) in [6.45, 7) is 7.52. The highest BCUT2D eigenvalue weighted by Crippen LogP contribution is 2.39. The summed E-state index contributed by atoms with van der Waals surface area (Å²) in [6, 6.07) is 0. The summed E-state index contributed by atoms with van der Waals surface area (Å²) in [5, 5.41) is 0. The number of carbonyl (C=O) groups is 1. The molecule has 0 amide bonds. The predicted molar refractivity (Wildman–Crippen MR) is 71.1 cm³/mol. The van der Waals surface area contributed by atoms with Crippen LogP contribution in [0.1, 0.15) is 53.4 Å². The van der Waals surface area contributed by atoms with Gasteiger partial charge in [-0.3, -0.25) is 4.79 Å². The van der Waals surface area contributed by atoms with E-state index in [2.05, 4.69) is 0 Å². The molecule has 5 heteroatoms. The molecule has 0 atom stereocenters. The van der Waals surface area contributed by atoms with Gasteiger partial charge in [-0.25, -0.2) is 8.42 Å². The van der Waals surface area contributed by atoms with Gasteiger partial charge in [-0.15, -0.1) is 0 Å². The van der Waals surface area contributed by atoms with Crippen LogP contribution in [-0.4, -0.2) is 31.5 Å². The minimum Gasteiger partial charge on any atom is -0.460 e. The van der Waals surface area contributed by atoms with Crippen LogP contribution in [0.25, 0.3) is 0 Å². The smallest absolute Gasteiger partial charge is 0.312 e. The minimum atomic E-state index is -2.96. The van der Waals surface area contributed by atoms with Crippen molar-refractivity contribution >= 4 is 15.8 Å². The molecule has 18 heavy (non-hydrogen) atoms. The van der Waals surface area contributed by atoms with Gasteiger partial charge in [0.1, 0.15) is 15.4 Å². The van der Waals surface area contributed by atoms with Crippen LogP contribution in [0.2, 0.25) is 0 Å². The van der Waals surface area contributed by atoms with E-state index in [-0.39, 0.29) is 17.5 Å². The molecule has 0 unspecified atom stereocenters. The first kappa shape index (κ1) is 15.5. The molecule has 1 aliphatic heterocycles. The summed E-state index contributed by atoms with van der Waals surface area (Å²) in [4.78, 5) is 12.3. The molecule has 0 aromatic heterocycles. The van der Waals surface area contributed by atoms with Crippen molar-refractivity contribution in [2.24, 2.45) is 5.41 Å². The zero-order valence-electron chi connectivity index (χ0n) is 11.8. The third kappa shape index (κ3) is 3.97. The number of rotatable bonds is 3. The second-order valence-corrected chi connectivity index (χ2v) is 8.49. The Hall–Kier alpha value is -0.580. The molecule has 1 heterocycles. The molecule has 1 saturated heterocycles. The molecule has 4 nitrogen and oxygen atoms in total.